The van der Waals surface area contributed by atoms with Crippen LogP contribution in [0.3, 0.4) is 0 Å². The maximum absolute atomic E-state index is 15.4. The van der Waals surface area contributed by atoms with Gasteiger partial charge in [-0.05, 0) is 74.4 Å². The van der Waals surface area contributed by atoms with Crippen molar-refractivity contribution in [2.24, 2.45) is 11.8 Å². The zero-order chi connectivity index (χ0) is 52.4. The van der Waals surface area contributed by atoms with Gasteiger partial charge in [0.2, 0.25) is 15.9 Å². The van der Waals surface area contributed by atoms with E-state index in [1.165, 1.54) is 13.8 Å². The molecule has 70 heavy (non-hydrogen) atoms. The van der Waals surface area contributed by atoms with Crippen LogP contribution in [0.15, 0.2) is 53.7 Å². The molecule has 0 saturated heterocycles. The number of sulfonamides is 1. The fourth-order valence-corrected chi connectivity index (χ4v) is 8.85. The van der Waals surface area contributed by atoms with Crippen molar-refractivity contribution < 1.29 is 79.9 Å². The Labute approximate surface area is 396 Å². The minimum atomic E-state index is -5.36. The number of nitrogens with one attached hydrogen (secondary N) is 3. The second kappa shape index (κ2) is 18.5. The first-order valence-corrected chi connectivity index (χ1v) is 24.1. The van der Waals surface area contributed by atoms with E-state index >= 15 is 8.78 Å². The Kier molecular flexibility index (Phi) is 14.0. The third-order valence-electron chi connectivity index (χ3n) is 11.1. The predicted octanol–water partition coefficient (Wildman–Crippen LogP) is 6.34. The molecule has 2 amide bonds. The van der Waals surface area contributed by atoms with Gasteiger partial charge in [-0.3, -0.25) is 19.7 Å². The van der Waals surface area contributed by atoms with Crippen LogP contribution in [-0.4, -0.2) is 104 Å². The minimum absolute atomic E-state index is 0.163. The summed E-state index contributed by atoms with van der Waals surface area (Å²) >= 11 is 6.51. The number of sulfone groups is 1. The highest BCUT2D eigenvalue weighted by Crippen LogP contribution is 2.63. The largest absolute Gasteiger partial charge is 0.462 e. The molecule has 2 aliphatic rings. The Balaban J connectivity index is 1.62. The lowest BCUT2D eigenvalue weighted by Gasteiger charge is -2.24. The number of alkyl halides is 8. The Morgan fingerprint density at radius 3 is 2.17 bits per heavy atom. The normalized spacial score (nSPS) is 17.3. The third-order valence-corrected chi connectivity index (χ3v) is 14.4. The van der Waals surface area contributed by atoms with Gasteiger partial charge in [0.25, 0.3) is 5.92 Å². The minimum Gasteiger partial charge on any atom is -0.462 e. The van der Waals surface area contributed by atoms with E-state index < -0.39 is 160 Å². The molecule has 6 rings (SSSR count). The zero-order valence-corrected chi connectivity index (χ0v) is 39.0. The van der Waals surface area contributed by atoms with Crippen LogP contribution < -0.4 is 14.9 Å². The van der Waals surface area contributed by atoms with Crippen LogP contribution in [0.1, 0.15) is 43.3 Å². The molecule has 4 aromatic rings. The number of anilines is 1. The number of benzene rings is 2. The highest BCUT2D eigenvalue weighted by atomic mass is 35.5. The van der Waals surface area contributed by atoms with Gasteiger partial charge in [-0.1, -0.05) is 23.6 Å². The quantitative estimate of drug-likeness (QED) is 0.0442. The SMILES string of the molecule is COC(=O)C(=O)N(c1nn(CC(F)(F)F)c2c(-c3ccc(C#CC(C)(C)S(C)(=O)=O)nc3[C@H](Cc3cc(F)cc(F)c3)NC(=O)CNC3=C(C(=N)C(F)(F)F)[C@H]4C[C@H]4C3(F)F)ccc(Cl)c12)S(C)(=O)=O. The molecule has 28 heteroatoms. The van der Waals surface area contributed by atoms with Crippen LogP contribution in [0.5, 0.6) is 0 Å². The van der Waals surface area contributed by atoms with Crippen LogP contribution in [0.25, 0.3) is 22.0 Å². The highest BCUT2D eigenvalue weighted by Gasteiger charge is 2.67. The molecule has 2 aromatic heterocycles. The van der Waals surface area contributed by atoms with Crippen LogP contribution >= 0.6 is 11.6 Å². The Morgan fingerprint density at radius 1 is 1.00 bits per heavy atom. The smallest absolute Gasteiger partial charge is 0.433 e. The van der Waals surface area contributed by atoms with E-state index in [0.717, 1.165) is 42.7 Å². The van der Waals surface area contributed by atoms with E-state index in [9.17, 15) is 66.3 Å². The molecule has 2 heterocycles. The van der Waals surface area contributed by atoms with Crippen LogP contribution in [0.2, 0.25) is 5.02 Å². The fourth-order valence-electron chi connectivity index (χ4n) is 7.56. The van der Waals surface area contributed by atoms with Crippen molar-refractivity contribution in [1.82, 2.24) is 25.4 Å². The number of aromatic nitrogens is 3. The summed E-state index contributed by atoms with van der Waals surface area (Å²) in [6.45, 7) is -0.838. The molecule has 3 N–H and O–H groups in total. The zero-order valence-electron chi connectivity index (χ0n) is 36.6. The Morgan fingerprint density at radius 2 is 1.61 bits per heavy atom. The summed E-state index contributed by atoms with van der Waals surface area (Å²) in [5.74, 6) is -10.4. The molecule has 1 fully saturated rings. The highest BCUT2D eigenvalue weighted by molar-refractivity contribution is 7.93. The number of esters is 1. The predicted molar refractivity (Wildman–Crippen MR) is 230 cm³/mol. The number of ether oxygens (including phenoxy) is 1. The molecular weight excluding hydrogens is 1020 g/mol. The average molecular weight is 1060 g/mol. The molecule has 376 valence electrons. The summed E-state index contributed by atoms with van der Waals surface area (Å²) < 4.78 is 198. The third kappa shape index (κ3) is 10.9. The number of methoxy groups -OCH3 is 1. The van der Waals surface area contributed by atoms with E-state index in [4.69, 9.17) is 17.0 Å². The van der Waals surface area contributed by atoms with Gasteiger partial charge in [-0.25, -0.2) is 35.4 Å². The number of fused-ring (bicyclic) bond motifs is 2. The first-order valence-electron chi connectivity index (χ1n) is 20.0. The molecule has 2 aromatic carbocycles. The number of carbonyl (C=O) groups excluding carboxylic acids is 3. The van der Waals surface area contributed by atoms with Crippen molar-refractivity contribution in [2.45, 2.75) is 62.3 Å². The van der Waals surface area contributed by atoms with Gasteiger partial charge in [-0.2, -0.15) is 44.5 Å². The van der Waals surface area contributed by atoms with Crippen molar-refractivity contribution in [3.63, 3.8) is 0 Å². The van der Waals surface area contributed by atoms with Gasteiger partial charge in [0, 0.05) is 34.9 Å². The monoisotopic (exact) mass is 1060 g/mol. The summed E-state index contributed by atoms with van der Waals surface area (Å²) in [6.07, 6.45) is -10.4. The number of hydrogen-bond acceptors (Lipinski definition) is 12. The standard InChI is InChI=1S/C42H36ClF10N7O8S2/c1-39(2,69(4,64)65)11-10-22-6-7-23(24-8-9-27(43)31-33(24)59(18-40(46,47)48)58-36(31)60(70(5,66)67)37(62)38(63)68-3)32(56-22)28(14-19-12-20(44)15-21(45)13-19)57-29(61)17-55-35-30(34(54)42(51,52)53)25-16-26(25)41(35,49)50/h6-9,12-13,15,25-26,28,54-55H,14,16-18H2,1-5H3,(H,57,61)/t25-,26+,28-/m0/s1. The van der Waals surface area contributed by atoms with E-state index in [0.29, 0.717) is 19.4 Å². The molecular formula is C42H36ClF10N7O8S2. The molecule has 0 unspecified atom stereocenters. The summed E-state index contributed by atoms with van der Waals surface area (Å²) in [7, 11) is -8.19. The van der Waals surface area contributed by atoms with E-state index in [-0.39, 0.29) is 32.2 Å². The molecule has 15 nitrogen and oxygen atoms in total. The molecule has 2 aliphatic carbocycles. The van der Waals surface area contributed by atoms with Crippen molar-refractivity contribution in [3.05, 3.63) is 87.3 Å². The van der Waals surface area contributed by atoms with Crippen LogP contribution in [0.4, 0.5) is 49.7 Å². The van der Waals surface area contributed by atoms with Crippen LogP contribution in [-0.2, 0) is 51.9 Å². The second-order valence-corrected chi connectivity index (χ2v) is 21.4. The summed E-state index contributed by atoms with van der Waals surface area (Å²) in [4.78, 5) is 44.0. The van der Waals surface area contributed by atoms with Crippen LogP contribution in [0, 0.1) is 40.7 Å². The van der Waals surface area contributed by atoms with Gasteiger partial charge in [-0.15, -0.1) is 0 Å². The molecule has 0 bridgehead atoms. The molecule has 0 aliphatic heterocycles. The number of rotatable bonds is 13. The first kappa shape index (κ1) is 53.1. The van der Waals surface area contributed by atoms with Gasteiger partial charge < -0.3 is 15.4 Å². The van der Waals surface area contributed by atoms with E-state index in [1.807, 2.05) is 5.32 Å². The molecule has 0 spiro atoms. The van der Waals surface area contributed by atoms with Gasteiger partial charge in [0.15, 0.2) is 15.7 Å². The van der Waals surface area contributed by atoms with E-state index in [1.54, 1.807) is 0 Å². The second-order valence-electron chi connectivity index (χ2n) is 16.6. The van der Waals surface area contributed by atoms with Gasteiger partial charge in [0.05, 0.1) is 53.3 Å². The average Bonchev–Trinajstić information content (AvgIpc) is 3.89. The lowest BCUT2D eigenvalue weighted by Crippen LogP contribution is -2.41. The number of carbonyl (C=O) groups is 3. The van der Waals surface area contributed by atoms with Crippen molar-refractivity contribution in [3.8, 4) is 23.0 Å². The Hall–Kier alpha value is -6.27. The lowest BCUT2D eigenvalue weighted by molar-refractivity contribution is -0.150. The first-order chi connectivity index (χ1) is 32.1. The van der Waals surface area contributed by atoms with Crippen molar-refractivity contribution in [1.29, 1.82) is 5.41 Å². The van der Waals surface area contributed by atoms with Crippen molar-refractivity contribution >= 4 is 71.7 Å². The maximum Gasteiger partial charge on any atom is 0.433 e. The topological polar surface area (TPSA) is 211 Å². The van der Waals surface area contributed by atoms with Gasteiger partial charge in [0.1, 0.15) is 34.3 Å². The number of hydrogen-bond donors (Lipinski definition) is 3. The number of pyridine rings is 1. The number of halogens is 11. The van der Waals surface area contributed by atoms with Crippen molar-refractivity contribution in [2.75, 3.05) is 30.5 Å². The molecule has 1 saturated carbocycles. The fraction of sp³-hybridized carbons (Fsp3) is 0.381. The van der Waals surface area contributed by atoms with E-state index in [2.05, 4.69) is 32.0 Å². The number of nitrogens with zero attached hydrogens (tertiary/aromatic N) is 4. The van der Waals surface area contributed by atoms with Gasteiger partial charge >= 0.3 is 24.2 Å². The lowest BCUT2D eigenvalue weighted by atomic mass is 9.93. The summed E-state index contributed by atoms with van der Waals surface area (Å²) in [5.41, 5.74) is -7.08. The number of allylic oxidation sites excluding steroid dienone is 2. The maximum atomic E-state index is 15.4. The molecule has 3 atom stereocenters. The Bertz CT molecular complexity index is 3180. The number of amides is 2. The summed E-state index contributed by atoms with van der Waals surface area (Å²) in [6, 6.07) is 4.50. The molecule has 0 radical (unpaired) electrons. The summed E-state index contributed by atoms with van der Waals surface area (Å²) in [5, 5.41) is 14.5.